The summed E-state index contributed by atoms with van der Waals surface area (Å²) in [5.41, 5.74) is 0.106. The van der Waals surface area contributed by atoms with E-state index in [4.69, 9.17) is 10.6 Å². The number of hydrogen-bond acceptors (Lipinski definition) is 5. The van der Waals surface area contributed by atoms with Crippen LogP contribution < -0.4 is 5.90 Å². The SMILES string of the molecule is CC12CCCC(C1)C(=O)OC(CC(=O)ON)C2. The number of carbonyl (C=O) groups is 2. The number of cyclic esters (lactones) is 1. The molecule has 0 aromatic heterocycles. The molecule has 0 aromatic rings. The number of esters is 1. The van der Waals surface area contributed by atoms with E-state index in [1.165, 1.54) is 0 Å². The van der Waals surface area contributed by atoms with Crippen molar-refractivity contribution in [3.05, 3.63) is 0 Å². The van der Waals surface area contributed by atoms with Gasteiger partial charge in [-0.05, 0) is 31.1 Å². The highest BCUT2D eigenvalue weighted by Crippen LogP contribution is 2.46. The molecule has 3 atom stereocenters. The molecule has 1 aliphatic carbocycles. The van der Waals surface area contributed by atoms with Gasteiger partial charge < -0.3 is 9.57 Å². The minimum absolute atomic E-state index is 0.00708. The van der Waals surface area contributed by atoms with Gasteiger partial charge in [0.15, 0.2) is 0 Å². The number of ether oxygens (including phenoxy) is 1. The molecule has 1 saturated carbocycles. The summed E-state index contributed by atoms with van der Waals surface area (Å²) in [5, 5.41) is 0. The lowest BCUT2D eigenvalue weighted by Gasteiger charge is -2.34. The van der Waals surface area contributed by atoms with Gasteiger partial charge in [0, 0.05) is 0 Å². The molecule has 5 heteroatoms. The van der Waals surface area contributed by atoms with Gasteiger partial charge in [0.05, 0.1) is 12.3 Å². The van der Waals surface area contributed by atoms with Crippen molar-refractivity contribution in [3.63, 3.8) is 0 Å². The van der Waals surface area contributed by atoms with Crippen LogP contribution in [0.3, 0.4) is 0 Å². The number of carbonyl (C=O) groups excluding carboxylic acids is 2. The molecule has 17 heavy (non-hydrogen) atoms. The number of fused-ring (bicyclic) bond motifs is 2. The molecule has 1 saturated heterocycles. The topological polar surface area (TPSA) is 78.6 Å². The molecule has 3 unspecified atom stereocenters. The maximum Gasteiger partial charge on any atom is 0.328 e. The first-order valence-electron chi connectivity index (χ1n) is 6.12. The highest BCUT2D eigenvalue weighted by atomic mass is 16.7. The second-order valence-corrected chi connectivity index (χ2v) is 5.56. The van der Waals surface area contributed by atoms with Gasteiger partial charge in [0.2, 0.25) is 0 Å². The molecule has 2 rings (SSSR count). The van der Waals surface area contributed by atoms with Gasteiger partial charge in [-0.1, -0.05) is 13.3 Å². The third-order valence-electron chi connectivity index (χ3n) is 3.93. The fraction of sp³-hybridized carbons (Fsp3) is 0.833. The standard InChI is InChI=1S/C12H19NO4/c1-12-4-2-3-8(6-12)11(15)16-9(7-12)5-10(14)17-13/h8-9H,2-7,13H2,1H3. The summed E-state index contributed by atoms with van der Waals surface area (Å²) < 4.78 is 5.37. The molecule has 96 valence electrons. The number of hydrogen-bond donors (Lipinski definition) is 1. The Bertz CT molecular complexity index is 330. The predicted octanol–water partition coefficient (Wildman–Crippen LogP) is 1.31. The first-order valence-corrected chi connectivity index (χ1v) is 6.12. The molecule has 2 bridgehead atoms. The van der Waals surface area contributed by atoms with Crippen molar-refractivity contribution in [3.8, 4) is 0 Å². The first kappa shape index (κ1) is 12.4. The van der Waals surface area contributed by atoms with E-state index in [1.807, 2.05) is 0 Å². The summed E-state index contributed by atoms with van der Waals surface area (Å²) in [6.45, 7) is 2.17. The van der Waals surface area contributed by atoms with E-state index in [9.17, 15) is 9.59 Å². The Morgan fingerprint density at radius 3 is 3.06 bits per heavy atom. The van der Waals surface area contributed by atoms with Crippen LogP contribution in [0.4, 0.5) is 0 Å². The van der Waals surface area contributed by atoms with Crippen molar-refractivity contribution in [1.82, 2.24) is 0 Å². The van der Waals surface area contributed by atoms with Gasteiger partial charge >= 0.3 is 11.9 Å². The molecule has 0 amide bonds. The fourth-order valence-corrected chi connectivity index (χ4v) is 3.16. The summed E-state index contributed by atoms with van der Waals surface area (Å²) in [6.07, 6.45) is 4.34. The van der Waals surface area contributed by atoms with Crippen LogP contribution >= 0.6 is 0 Å². The zero-order valence-corrected chi connectivity index (χ0v) is 10.1. The Balaban J connectivity index is 2.09. The van der Waals surface area contributed by atoms with E-state index in [2.05, 4.69) is 11.8 Å². The lowest BCUT2D eigenvalue weighted by molar-refractivity contribution is -0.157. The normalized spacial score (nSPS) is 36.9. The predicted molar refractivity (Wildman–Crippen MR) is 59.5 cm³/mol. The van der Waals surface area contributed by atoms with E-state index in [0.29, 0.717) is 0 Å². The summed E-state index contributed by atoms with van der Waals surface area (Å²) in [7, 11) is 0. The van der Waals surface area contributed by atoms with Crippen LogP contribution in [-0.2, 0) is 19.2 Å². The smallest absolute Gasteiger partial charge is 0.328 e. The van der Waals surface area contributed by atoms with Crippen LogP contribution in [0.2, 0.25) is 0 Å². The minimum Gasteiger partial charge on any atom is -0.462 e. The van der Waals surface area contributed by atoms with Crippen molar-refractivity contribution >= 4 is 11.9 Å². The lowest BCUT2D eigenvalue weighted by Crippen LogP contribution is -2.28. The van der Waals surface area contributed by atoms with Crippen molar-refractivity contribution in [2.45, 2.75) is 51.6 Å². The summed E-state index contributed by atoms with van der Waals surface area (Å²) in [6, 6.07) is 0. The van der Waals surface area contributed by atoms with E-state index in [1.54, 1.807) is 0 Å². The summed E-state index contributed by atoms with van der Waals surface area (Å²) in [5.74, 6) is 4.13. The Morgan fingerprint density at radius 1 is 1.59 bits per heavy atom. The molecular weight excluding hydrogens is 222 g/mol. The zero-order chi connectivity index (χ0) is 12.5. The summed E-state index contributed by atoms with van der Waals surface area (Å²) in [4.78, 5) is 27.1. The second kappa shape index (κ2) is 4.64. The fourth-order valence-electron chi connectivity index (χ4n) is 3.16. The van der Waals surface area contributed by atoms with Gasteiger partial charge in [-0.3, -0.25) is 9.59 Å². The van der Waals surface area contributed by atoms with Gasteiger partial charge in [-0.25, -0.2) is 0 Å². The van der Waals surface area contributed by atoms with Crippen molar-refractivity contribution < 1.29 is 19.2 Å². The van der Waals surface area contributed by atoms with Gasteiger partial charge in [0.25, 0.3) is 0 Å². The molecule has 1 heterocycles. The van der Waals surface area contributed by atoms with Gasteiger partial charge in [-0.2, -0.15) is 5.90 Å². The number of rotatable bonds is 2. The largest absolute Gasteiger partial charge is 0.462 e. The van der Waals surface area contributed by atoms with Gasteiger partial charge in [0.1, 0.15) is 6.10 Å². The molecule has 2 aliphatic rings. The lowest BCUT2D eigenvalue weighted by atomic mass is 9.69. The molecule has 0 aromatic carbocycles. The van der Waals surface area contributed by atoms with Crippen LogP contribution in [0, 0.1) is 11.3 Å². The molecule has 2 N–H and O–H groups in total. The summed E-state index contributed by atoms with van der Waals surface area (Å²) >= 11 is 0. The third kappa shape index (κ3) is 2.77. The van der Waals surface area contributed by atoms with Gasteiger partial charge in [-0.15, -0.1) is 0 Å². The Labute approximate surface area is 101 Å². The van der Waals surface area contributed by atoms with E-state index < -0.39 is 5.97 Å². The van der Waals surface area contributed by atoms with Crippen LogP contribution in [0.25, 0.3) is 0 Å². The highest BCUT2D eigenvalue weighted by molar-refractivity contribution is 5.74. The van der Waals surface area contributed by atoms with Crippen LogP contribution in [0.15, 0.2) is 0 Å². The van der Waals surface area contributed by atoms with Crippen LogP contribution in [-0.4, -0.2) is 18.0 Å². The molecule has 2 fully saturated rings. The highest BCUT2D eigenvalue weighted by Gasteiger charge is 2.42. The third-order valence-corrected chi connectivity index (χ3v) is 3.93. The monoisotopic (exact) mass is 241 g/mol. The average molecular weight is 241 g/mol. The molecule has 0 spiro atoms. The first-order chi connectivity index (χ1) is 8.02. The van der Waals surface area contributed by atoms with Crippen molar-refractivity contribution in [2.75, 3.05) is 0 Å². The molecule has 5 nitrogen and oxygen atoms in total. The average Bonchev–Trinajstić information content (AvgIpc) is 2.34. The maximum atomic E-state index is 11.8. The molecular formula is C12H19NO4. The van der Waals surface area contributed by atoms with E-state index in [0.717, 1.165) is 32.1 Å². The van der Waals surface area contributed by atoms with Crippen LogP contribution in [0.1, 0.15) is 45.4 Å². The Hall–Kier alpha value is -1.10. The molecule has 1 aliphatic heterocycles. The Morgan fingerprint density at radius 2 is 2.35 bits per heavy atom. The molecule has 0 radical (unpaired) electrons. The second-order valence-electron chi connectivity index (χ2n) is 5.56. The van der Waals surface area contributed by atoms with Crippen molar-refractivity contribution in [2.24, 2.45) is 17.2 Å². The Kier molecular flexibility index (Phi) is 3.38. The van der Waals surface area contributed by atoms with Crippen molar-refractivity contribution in [1.29, 1.82) is 0 Å². The quantitative estimate of drug-likeness (QED) is 0.582. The van der Waals surface area contributed by atoms with Crippen LogP contribution in [0.5, 0.6) is 0 Å². The minimum atomic E-state index is -0.525. The zero-order valence-electron chi connectivity index (χ0n) is 10.1. The number of nitrogens with two attached hydrogens (primary N) is 1. The van der Waals surface area contributed by atoms with E-state index in [-0.39, 0.29) is 29.8 Å². The van der Waals surface area contributed by atoms with E-state index >= 15 is 0 Å². The maximum absolute atomic E-state index is 11.8.